The van der Waals surface area contributed by atoms with Crippen molar-refractivity contribution in [3.8, 4) is 0 Å². The van der Waals surface area contributed by atoms with E-state index in [1.165, 1.54) is 0 Å². The van der Waals surface area contributed by atoms with Gasteiger partial charge < -0.3 is 0 Å². The Morgan fingerprint density at radius 3 is 0.914 bits per heavy atom. The van der Waals surface area contributed by atoms with Crippen LogP contribution < -0.4 is 0 Å². The molecule has 0 radical (unpaired) electrons. The second-order valence-electron chi connectivity index (χ2n) is 7.40. The molecule has 0 spiro atoms. The van der Waals surface area contributed by atoms with Gasteiger partial charge in [-0.25, -0.2) is 0 Å². The van der Waals surface area contributed by atoms with E-state index in [1.54, 1.807) is 0 Å². The lowest BCUT2D eigenvalue weighted by molar-refractivity contribution is -0.396. The van der Waals surface area contributed by atoms with Crippen molar-refractivity contribution in [2.45, 2.75) is 80.0 Å². The van der Waals surface area contributed by atoms with Gasteiger partial charge in [-0.3, -0.25) is 0 Å². The Balaban J connectivity index is 2.98. The second kappa shape index (κ2) is 8.95. The van der Waals surface area contributed by atoms with Crippen molar-refractivity contribution >= 4 is 0 Å². The number of rotatable bonds is 10. The maximum Gasteiger partial charge on any atom is 0.460 e. The summed E-state index contributed by atoms with van der Waals surface area (Å²) in [5.74, 6) is -40.4. The van der Waals surface area contributed by atoms with Crippen molar-refractivity contribution < 1.29 is 79.0 Å². The van der Waals surface area contributed by atoms with Gasteiger partial charge >= 0.3 is 47.9 Å². The third kappa shape index (κ3) is 5.34. The van der Waals surface area contributed by atoms with E-state index in [0.717, 1.165) is 12.2 Å². The number of allylic oxidation sites excluding steroid dienone is 4. The standard InChI is InChI=1S/C17H12F18/c18-10(19,12(22,23)14(26,27)16(30,31)32)6-4-8-2-1-3-9(8)5-7-11(20,21)13(24,25)15(28,29)17(33,34)35/h2-3H,1,4-7H2. The van der Waals surface area contributed by atoms with Crippen LogP contribution >= 0.6 is 0 Å². The molecule has 35 heavy (non-hydrogen) atoms. The SMILES string of the molecule is FC(F)(F)C(F)(F)C(F)(F)C(F)(F)CCC1=CCC=C1CCC(F)(F)C(F)(F)C(F)(F)C(F)(F)F. The van der Waals surface area contributed by atoms with E-state index in [9.17, 15) is 79.0 Å². The molecule has 206 valence electrons. The minimum absolute atomic E-state index is 0.397. The molecule has 1 aliphatic rings. The number of hydrogen-bond donors (Lipinski definition) is 0. The van der Waals surface area contributed by atoms with E-state index in [0.29, 0.717) is 0 Å². The zero-order chi connectivity index (χ0) is 28.1. The molecule has 0 N–H and O–H groups in total. The summed E-state index contributed by atoms with van der Waals surface area (Å²) >= 11 is 0. The van der Waals surface area contributed by atoms with Crippen molar-refractivity contribution in [3.63, 3.8) is 0 Å². The molecule has 0 fully saturated rings. The van der Waals surface area contributed by atoms with Crippen molar-refractivity contribution in [1.82, 2.24) is 0 Å². The van der Waals surface area contributed by atoms with Gasteiger partial charge in [0.05, 0.1) is 0 Å². The summed E-state index contributed by atoms with van der Waals surface area (Å²) in [6.45, 7) is 0. The van der Waals surface area contributed by atoms with Gasteiger partial charge in [0.1, 0.15) is 0 Å². The van der Waals surface area contributed by atoms with Gasteiger partial charge in [0.25, 0.3) is 0 Å². The van der Waals surface area contributed by atoms with Gasteiger partial charge in [-0.05, 0) is 30.4 Å². The first-order valence-corrected chi connectivity index (χ1v) is 8.96. The molecule has 0 aromatic carbocycles. The molecule has 0 bridgehead atoms. The Morgan fingerprint density at radius 1 is 0.429 bits per heavy atom. The smallest absolute Gasteiger partial charge is 0.200 e. The fourth-order valence-electron chi connectivity index (χ4n) is 2.84. The van der Waals surface area contributed by atoms with Gasteiger partial charge in [0.15, 0.2) is 0 Å². The van der Waals surface area contributed by atoms with Crippen LogP contribution in [0.25, 0.3) is 0 Å². The largest absolute Gasteiger partial charge is 0.460 e. The monoisotopic (exact) mass is 558 g/mol. The van der Waals surface area contributed by atoms with Crippen LogP contribution in [-0.4, -0.2) is 47.9 Å². The fourth-order valence-corrected chi connectivity index (χ4v) is 2.84. The predicted molar refractivity (Wildman–Crippen MR) is 81.0 cm³/mol. The molecule has 1 rings (SSSR count). The molecular formula is C17H12F18. The predicted octanol–water partition coefficient (Wildman–Crippen LogP) is 8.74. The van der Waals surface area contributed by atoms with Crippen LogP contribution in [0.15, 0.2) is 23.3 Å². The highest BCUT2D eigenvalue weighted by Crippen LogP contribution is 2.56. The number of halogens is 18. The van der Waals surface area contributed by atoms with Crippen LogP contribution in [0.3, 0.4) is 0 Å². The molecule has 1 aliphatic carbocycles. The van der Waals surface area contributed by atoms with E-state index in [-0.39, 0.29) is 0 Å². The third-order valence-electron chi connectivity index (χ3n) is 4.98. The summed E-state index contributed by atoms with van der Waals surface area (Å²) in [5, 5.41) is 0. The molecule has 0 saturated heterocycles. The van der Waals surface area contributed by atoms with Gasteiger partial charge in [0.2, 0.25) is 0 Å². The Hall–Kier alpha value is -1.78. The molecule has 0 amide bonds. The van der Waals surface area contributed by atoms with Crippen molar-refractivity contribution in [2.24, 2.45) is 0 Å². The zero-order valence-electron chi connectivity index (χ0n) is 16.5. The van der Waals surface area contributed by atoms with Gasteiger partial charge in [0, 0.05) is 12.8 Å². The summed E-state index contributed by atoms with van der Waals surface area (Å²) in [6, 6.07) is 0. The highest BCUT2D eigenvalue weighted by molar-refractivity contribution is 5.37. The molecule has 0 aromatic heterocycles. The lowest BCUT2D eigenvalue weighted by atomic mass is 9.92. The van der Waals surface area contributed by atoms with Gasteiger partial charge in [-0.15, -0.1) is 0 Å². The third-order valence-corrected chi connectivity index (χ3v) is 4.98. The fraction of sp³-hybridized carbons (Fsp3) is 0.765. The Bertz CT molecular complexity index is 755. The van der Waals surface area contributed by atoms with Gasteiger partial charge in [-0.1, -0.05) is 12.2 Å². The quantitative estimate of drug-likeness (QED) is 0.235. The van der Waals surface area contributed by atoms with Crippen LogP contribution in [-0.2, 0) is 0 Å². The van der Waals surface area contributed by atoms with E-state index in [1.807, 2.05) is 0 Å². The first kappa shape index (κ1) is 31.3. The molecule has 0 aliphatic heterocycles. The summed E-state index contributed by atoms with van der Waals surface area (Å²) < 4.78 is 231. The average Bonchev–Trinajstić information content (AvgIpc) is 3.10. The molecule has 0 unspecified atom stereocenters. The van der Waals surface area contributed by atoms with E-state index >= 15 is 0 Å². The minimum Gasteiger partial charge on any atom is -0.200 e. The van der Waals surface area contributed by atoms with E-state index in [4.69, 9.17) is 0 Å². The average molecular weight is 558 g/mol. The Morgan fingerprint density at radius 2 is 0.686 bits per heavy atom. The molecular weight excluding hydrogens is 546 g/mol. The van der Waals surface area contributed by atoms with Crippen molar-refractivity contribution in [2.75, 3.05) is 0 Å². The van der Waals surface area contributed by atoms with E-state index in [2.05, 4.69) is 0 Å². The highest BCUT2D eigenvalue weighted by Gasteiger charge is 2.82. The van der Waals surface area contributed by atoms with Crippen LogP contribution in [0.2, 0.25) is 0 Å². The van der Waals surface area contributed by atoms with E-state index < -0.39 is 91.1 Å². The zero-order valence-corrected chi connectivity index (χ0v) is 16.5. The molecule has 0 aromatic rings. The molecule has 0 nitrogen and oxygen atoms in total. The topological polar surface area (TPSA) is 0 Å². The summed E-state index contributed by atoms with van der Waals surface area (Å²) in [7, 11) is 0. The van der Waals surface area contributed by atoms with Crippen LogP contribution in [0.4, 0.5) is 79.0 Å². The van der Waals surface area contributed by atoms with Crippen molar-refractivity contribution in [3.05, 3.63) is 23.3 Å². The lowest BCUT2D eigenvalue weighted by Crippen LogP contribution is -2.60. The molecule has 0 saturated carbocycles. The van der Waals surface area contributed by atoms with Crippen molar-refractivity contribution in [1.29, 1.82) is 0 Å². The molecule has 0 atom stereocenters. The summed E-state index contributed by atoms with van der Waals surface area (Å²) in [6.07, 6.45) is -20.9. The lowest BCUT2D eigenvalue weighted by Gasteiger charge is -2.34. The molecule has 0 heterocycles. The first-order valence-electron chi connectivity index (χ1n) is 8.96. The first-order chi connectivity index (χ1) is 15.2. The maximum atomic E-state index is 13.6. The number of hydrogen-bond acceptors (Lipinski definition) is 0. The van der Waals surface area contributed by atoms with Crippen LogP contribution in [0.5, 0.6) is 0 Å². The Kier molecular flexibility index (Phi) is 8.00. The summed E-state index contributed by atoms with van der Waals surface area (Å²) in [5.41, 5.74) is -1.39. The molecule has 18 heteroatoms. The summed E-state index contributed by atoms with van der Waals surface area (Å²) in [4.78, 5) is 0. The normalized spacial score (nSPS) is 17.5. The minimum atomic E-state index is -7.19. The second-order valence-corrected chi connectivity index (χ2v) is 7.40. The van der Waals surface area contributed by atoms with Gasteiger partial charge in [-0.2, -0.15) is 79.0 Å². The maximum absolute atomic E-state index is 13.6. The Labute approximate surface area is 183 Å². The number of alkyl halides is 18. The van der Waals surface area contributed by atoms with Crippen LogP contribution in [0, 0.1) is 0 Å². The highest BCUT2D eigenvalue weighted by atomic mass is 19.4. The van der Waals surface area contributed by atoms with Crippen LogP contribution in [0.1, 0.15) is 32.1 Å².